The molecule has 0 radical (unpaired) electrons. The predicted octanol–water partition coefficient (Wildman–Crippen LogP) is 1.96. The molecule has 0 bridgehead atoms. The highest BCUT2D eigenvalue weighted by Crippen LogP contribution is 2.36. The van der Waals surface area contributed by atoms with Crippen LogP contribution in [0.4, 0.5) is 4.79 Å². The number of para-hydroxylation sites is 2. The molecule has 1 aromatic carbocycles. The van der Waals surface area contributed by atoms with Gasteiger partial charge in [0.15, 0.2) is 11.5 Å². The molecule has 5 rings (SSSR count). The summed E-state index contributed by atoms with van der Waals surface area (Å²) < 4.78 is 17.1. The second-order valence-electron chi connectivity index (χ2n) is 7.81. The van der Waals surface area contributed by atoms with Crippen LogP contribution < -0.4 is 20.2 Å². The lowest BCUT2D eigenvalue weighted by molar-refractivity contribution is -0.139. The zero-order chi connectivity index (χ0) is 22.1. The number of aromatic nitrogens is 2. The van der Waals surface area contributed by atoms with Crippen LogP contribution in [0.1, 0.15) is 44.1 Å². The molecular formula is C20H21N5O6S. The molecule has 1 atom stereocenters. The third-order valence-electron chi connectivity index (χ3n) is 5.64. The van der Waals surface area contributed by atoms with Crippen molar-refractivity contribution in [1.29, 1.82) is 0 Å². The number of thioether (sulfide) groups is 1. The van der Waals surface area contributed by atoms with Crippen LogP contribution in [0.15, 0.2) is 33.9 Å². The van der Waals surface area contributed by atoms with Gasteiger partial charge in [0.1, 0.15) is 12.1 Å². The zero-order valence-corrected chi connectivity index (χ0v) is 17.9. The minimum atomic E-state index is -0.891. The Balaban J connectivity index is 1.15. The Morgan fingerprint density at radius 2 is 1.97 bits per heavy atom. The summed E-state index contributed by atoms with van der Waals surface area (Å²) in [6.07, 6.45) is 3.37. The normalized spacial score (nSPS) is 21.5. The van der Waals surface area contributed by atoms with Crippen molar-refractivity contribution in [1.82, 2.24) is 25.9 Å². The van der Waals surface area contributed by atoms with Gasteiger partial charge in [-0.25, -0.2) is 4.79 Å². The highest BCUT2D eigenvalue weighted by atomic mass is 32.2. The van der Waals surface area contributed by atoms with E-state index in [0.29, 0.717) is 24.3 Å². The van der Waals surface area contributed by atoms with Crippen LogP contribution in [-0.4, -0.2) is 51.0 Å². The third-order valence-corrected chi connectivity index (χ3v) is 6.46. The average molecular weight is 459 g/mol. The fraction of sp³-hybridized carbons (Fsp3) is 0.450. The van der Waals surface area contributed by atoms with Crippen LogP contribution in [0.5, 0.6) is 11.5 Å². The van der Waals surface area contributed by atoms with Crippen molar-refractivity contribution in [2.24, 2.45) is 0 Å². The summed E-state index contributed by atoms with van der Waals surface area (Å²) >= 11 is 0.994. The lowest BCUT2D eigenvalue weighted by Crippen LogP contribution is -2.51. The molecule has 1 aliphatic carbocycles. The number of hydrogen-bond acceptors (Lipinski definition) is 9. The third kappa shape index (κ3) is 3.85. The van der Waals surface area contributed by atoms with E-state index in [1.165, 1.54) is 0 Å². The number of fused-ring (bicyclic) bond motifs is 1. The molecule has 168 valence electrons. The molecule has 2 aliphatic heterocycles. The number of urea groups is 1. The first-order valence-corrected chi connectivity index (χ1v) is 11.3. The van der Waals surface area contributed by atoms with E-state index in [0.717, 1.165) is 36.0 Å². The molecule has 4 amide bonds. The van der Waals surface area contributed by atoms with Crippen molar-refractivity contribution in [3.8, 4) is 11.5 Å². The molecule has 0 unspecified atom stereocenters. The predicted molar refractivity (Wildman–Crippen MR) is 110 cm³/mol. The number of hydrogen-bond donors (Lipinski definition) is 2. The van der Waals surface area contributed by atoms with Gasteiger partial charge in [0.25, 0.3) is 17.0 Å². The molecule has 1 saturated carbocycles. The number of nitrogens with zero attached hydrogens (tertiary/aromatic N) is 3. The molecule has 1 saturated heterocycles. The van der Waals surface area contributed by atoms with Gasteiger partial charge in [-0.3, -0.25) is 15.0 Å². The lowest BCUT2D eigenvalue weighted by Gasteiger charge is -2.30. The topological polar surface area (TPSA) is 136 Å². The minimum Gasteiger partial charge on any atom is -0.485 e. The monoisotopic (exact) mass is 459 g/mol. The van der Waals surface area contributed by atoms with E-state index in [2.05, 4.69) is 20.9 Å². The Bertz CT molecular complexity index is 1050. The number of rotatable bonds is 5. The molecule has 2 aromatic rings. The summed E-state index contributed by atoms with van der Waals surface area (Å²) in [6.45, 7) is 0.220. The summed E-state index contributed by atoms with van der Waals surface area (Å²) in [5, 5.41) is 11.6. The van der Waals surface area contributed by atoms with Crippen molar-refractivity contribution in [3.05, 3.63) is 30.2 Å². The number of imide groups is 1. The molecule has 32 heavy (non-hydrogen) atoms. The van der Waals surface area contributed by atoms with E-state index in [4.69, 9.17) is 13.9 Å². The van der Waals surface area contributed by atoms with Crippen molar-refractivity contribution in [2.75, 3.05) is 12.4 Å². The second-order valence-corrected chi connectivity index (χ2v) is 8.73. The van der Waals surface area contributed by atoms with Gasteiger partial charge in [-0.1, -0.05) is 43.2 Å². The Morgan fingerprint density at radius 3 is 2.78 bits per heavy atom. The maximum atomic E-state index is 12.7. The number of nitrogens with one attached hydrogen (secondary N) is 2. The Kier molecular flexibility index (Phi) is 5.37. The van der Waals surface area contributed by atoms with E-state index >= 15 is 0 Å². The van der Waals surface area contributed by atoms with Crippen LogP contribution in [0.3, 0.4) is 0 Å². The first kappa shape index (κ1) is 20.6. The standard InChI is InChI=1S/C20H21N5O6S/c26-15(24-25-17(27)20(21-18(25)28)8-4-1-5-9-20)11-32-19-23-22-16(31-19)14-10-29-12-6-2-3-7-13(12)30-14/h2-3,6-7,14H,1,4-5,8-11H2,(H,21,28)(H,24,26)/t14-/m1/s1. The maximum Gasteiger partial charge on any atom is 0.344 e. The van der Waals surface area contributed by atoms with Crippen molar-refractivity contribution in [3.63, 3.8) is 0 Å². The van der Waals surface area contributed by atoms with E-state index in [1.807, 2.05) is 12.1 Å². The summed E-state index contributed by atoms with van der Waals surface area (Å²) in [4.78, 5) is 37.3. The van der Waals surface area contributed by atoms with E-state index in [9.17, 15) is 14.4 Å². The molecule has 3 aliphatic rings. The quantitative estimate of drug-likeness (QED) is 0.508. The van der Waals surface area contributed by atoms with Gasteiger partial charge < -0.3 is 19.2 Å². The van der Waals surface area contributed by atoms with Gasteiger partial charge in [-0.2, -0.15) is 5.01 Å². The van der Waals surface area contributed by atoms with Crippen LogP contribution in [0, 0.1) is 0 Å². The number of amides is 4. The molecule has 1 spiro atoms. The molecule has 12 heteroatoms. The highest BCUT2D eigenvalue weighted by Gasteiger charge is 2.52. The molecular weight excluding hydrogens is 438 g/mol. The molecule has 2 fully saturated rings. The number of carbonyl (C=O) groups excluding carboxylic acids is 3. The van der Waals surface area contributed by atoms with Crippen LogP contribution in [0.25, 0.3) is 0 Å². The van der Waals surface area contributed by atoms with Crippen LogP contribution in [-0.2, 0) is 9.59 Å². The number of hydrazine groups is 1. The fourth-order valence-electron chi connectivity index (χ4n) is 4.05. The van der Waals surface area contributed by atoms with Gasteiger partial charge in [0, 0.05) is 0 Å². The van der Waals surface area contributed by atoms with Gasteiger partial charge in [-0.05, 0) is 25.0 Å². The highest BCUT2D eigenvalue weighted by molar-refractivity contribution is 7.99. The van der Waals surface area contributed by atoms with Crippen molar-refractivity contribution < 1.29 is 28.3 Å². The number of ether oxygens (including phenoxy) is 2. The lowest BCUT2D eigenvalue weighted by atomic mass is 9.82. The SMILES string of the molecule is O=C(CSc1nnc([C@H]2COc3ccccc3O2)o1)NN1C(=O)NC2(CCCCC2)C1=O. The first-order valence-electron chi connectivity index (χ1n) is 10.3. The van der Waals surface area contributed by atoms with E-state index in [1.54, 1.807) is 12.1 Å². The van der Waals surface area contributed by atoms with Crippen molar-refractivity contribution >= 4 is 29.6 Å². The largest absolute Gasteiger partial charge is 0.485 e. The summed E-state index contributed by atoms with van der Waals surface area (Å²) in [7, 11) is 0. The van der Waals surface area contributed by atoms with Gasteiger partial charge in [-0.15, -0.1) is 10.2 Å². The van der Waals surface area contributed by atoms with Crippen LogP contribution in [0.2, 0.25) is 0 Å². The average Bonchev–Trinajstić information content (AvgIpc) is 3.37. The van der Waals surface area contributed by atoms with Gasteiger partial charge in [0.05, 0.1) is 5.75 Å². The van der Waals surface area contributed by atoms with Crippen LogP contribution >= 0.6 is 11.8 Å². The number of benzene rings is 1. The zero-order valence-electron chi connectivity index (χ0n) is 17.0. The van der Waals surface area contributed by atoms with E-state index in [-0.39, 0.29) is 23.5 Å². The maximum absolute atomic E-state index is 12.7. The summed E-state index contributed by atoms with van der Waals surface area (Å²) in [5.41, 5.74) is 1.49. The number of carbonyl (C=O) groups is 3. The van der Waals surface area contributed by atoms with Gasteiger partial charge in [0.2, 0.25) is 12.0 Å². The Morgan fingerprint density at radius 1 is 1.19 bits per heavy atom. The molecule has 1 aromatic heterocycles. The molecule has 2 N–H and O–H groups in total. The minimum absolute atomic E-state index is 0.115. The van der Waals surface area contributed by atoms with Crippen molar-refractivity contribution in [2.45, 2.75) is 49.0 Å². The second kappa shape index (κ2) is 8.34. The molecule has 11 nitrogen and oxygen atoms in total. The first-order chi connectivity index (χ1) is 15.5. The Labute approximate surface area is 187 Å². The smallest absolute Gasteiger partial charge is 0.344 e. The fourth-order valence-corrected chi connectivity index (χ4v) is 4.61. The summed E-state index contributed by atoms with van der Waals surface area (Å²) in [6, 6.07) is 6.67. The van der Waals surface area contributed by atoms with Gasteiger partial charge >= 0.3 is 6.03 Å². The summed E-state index contributed by atoms with van der Waals surface area (Å²) in [5.74, 6) is 0.407. The molecule has 3 heterocycles. The Hall–Kier alpha value is -3.28. The van der Waals surface area contributed by atoms with E-state index < -0.39 is 29.5 Å².